The van der Waals surface area contributed by atoms with Crippen LogP contribution in [0.1, 0.15) is 52.7 Å². The third-order valence-electron chi connectivity index (χ3n) is 6.29. The molecule has 0 saturated heterocycles. The average Bonchev–Trinajstić information content (AvgIpc) is 2.80. The van der Waals surface area contributed by atoms with E-state index in [1.54, 1.807) is 18.2 Å². The number of carbonyl (C=O) groups excluding carboxylic acids is 1. The number of fused-ring (bicyclic) bond motifs is 1. The zero-order chi connectivity index (χ0) is 23.4. The Hall–Kier alpha value is -3.08. The molecule has 8 heteroatoms. The number of ether oxygens (including phenoxy) is 1. The maximum absolute atomic E-state index is 12.8. The molecule has 0 spiro atoms. The number of carbonyl (C=O) groups is 2. The molecule has 1 amide bonds. The molecule has 0 unspecified atom stereocenters. The summed E-state index contributed by atoms with van der Waals surface area (Å²) in [5.41, 5.74) is 3.27. The first-order chi connectivity index (χ1) is 15.9. The van der Waals surface area contributed by atoms with Crippen molar-refractivity contribution < 1.29 is 19.4 Å². The Morgan fingerprint density at radius 3 is 2.64 bits per heavy atom. The van der Waals surface area contributed by atoms with Gasteiger partial charge in [-0.05, 0) is 67.5 Å². The monoisotopic (exact) mass is 467 g/mol. The van der Waals surface area contributed by atoms with Gasteiger partial charge in [0, 0.05) is 30.8 Å². The molecule has 7 nitrogen and oxygen atoms in total. The molecule has 2 aliphatic rings. The van der Waals surface area contributed by atoms with Gasteiger partial charge in [-0.3, -0.25) is 14.5 Å². The van der Waals surface area contributed by atoms with Crippen molar-refractivity contribution in [1.29, 1.82) is 5.26 Å². The van der Waals surface area contributed by atoms with Crippen LogP contribution in [0.25, 0.3) is 0 Å². The van der Waals surface area contributed by atoms with Gasteiger partial charge in [-0.1, -0.05) is 17.7 Å². The number of carboxylic acid groups (broad SMARTS) is 1. The Morgan fingerprint density at radius 2 is 1.94 bits per heavy atom. The van der Waals surface area contributed by atoms with Gasteiger partial charge < -0.3 is 15.2 Å². The van der Waals surface area contributed by atoms with Gasteiger partial charge in [-0.2, -0.15) is 5.26 Å². The van der Waals surface area contributed by atoms with Gasteiger partial charge in [0.2, 0.25) is 0 Å². The largest absolute Gasteiger partial charge is 0.490 e. The van der Waals surface area contributed by atoms with Crippen LogP contribution < -0.4 is 10.1 Å². The van der Waals surface area contributed by atoms with Crippen molar-refractivity contribution in [3.05, 3.63) is 63.7 Å². The predicted octanol–water partition coefficient (Wildman–Crippen LogP) is 3.77. The second-order valence-corrected chi connectivity index (χ2v) is 9.06. The minimum atomic E-state index is -0.824. The highest BCUT2D eigenvalue weighted by atomic mass is 35.5. The molecular formula is C25H26ClN3O4. The Balaban J connectivity index is 1.28. The molecule has 0 radical (unpaired) electrons. The van der Waals surface area contributed by atoms with E-state index in [0.29, 0.717) is 35.0 Å². The third-order valence-corrected chi connectivity index (χ3v) is 6.60. The summed E-state index contributed by atoms with van der Waals surface area (Å²) >= 11 is 6.08. The minimum absolute atomic E-state index is 0.0340. The minimum Gasteiger partial charge on any atom is -0.490 e. The summed E-state index contributed by atoms with van der Waals surface area (Å²) < 4.78 is 6.02. The number of carboxylic acids is 1. The maximum atomic E-state index is 12.8. The number of nitriles is 1. The number of halogens is 1. The zero-order valence-electron chi connectivity index (χ0n) is 18.2. The highest BCUT2D eigenvalue weighted by Gasteiger charge is 2.25. The number of rotatable bonds is 6. The van der Waals surface area contributed by atoms with Crippen LogP contribution in [0.5, 0.6) is 5.75 Å². The molecule has 172 valence electrons. The van der Waals surface area contributed by atoms with Crippen LogP contribution in [0.3, 0.4) is 0 Å². The lowest BCUT2D eigenvalue weighted by molar-refractivity contribution is -0.138. The Bertz CT molecular complexity index is 1090. The molecular weight excluding hydrogens is 442 g/mol. The van der Waals surface area contributed by atoms with Crippen LogP contribution in [-0.2, 0) is 17.8 Å². The van der Waals surface area contributed by atoms with Crippen LogP contribution in [0.2, 0.25) is 5.02 Å². The molecule has 4 rings (SSSR count). The first-order valence-corrected chi connectivity index (χ1v) is 11.5. The van der Waals surface area contributed by atoms with Crippen molar-refractivity contribution in [3.63, 3.8) is 0 Å². The number of aliphatic carboxylic acids is 1. The summed E-state index contributed by atoms with van der Waals surface area (Å²) in [5, 5.41) is 21.5. The summed E-state index contributed by atoms with van der Waals surface area (Å²) in [5.74, 6) is -0.244. The van der Waals surface area contributed by atoms with E-state index >= 15 is 0 Å². The fourth-order valence-corrected chi connectivity index (χ4v) is 4.74. The second kappa shape index (κ2) is 10.2. The summed E-state index contributed by atoms with van der Waals surface area (Å²) in [6, 6.07) is 12.9. The summed E-state index contributed by atoms with van der Waals surface area (Å²) in [6.45, 7) is 1.31. The third kappa shape index (κ3) is 5.84. The van der Waals surface area contributed by atoms with Crippen molar-refractivity contribution in [2.75, 3.05) is 13.1 Å². The van der Waals surface area contributed by atoms with Crippen LogP contribution in [-0.4, -0.2) is 47.1 Å². The summed E-state index contributed by atoms with van der Waals surface area (Å²) in [4.78, 5) is 25.6. The standard InChI is InChI=1S/C25H26ClN3O4/c26-23-12-22(6-3-18(23)13-27)33-21-7-4-20(5-8-21)28-25(32)17-1-2-19-14-29(15-24(30)31)10-9-16(19)11-17/h1-3,6,11-12,20-21H,4-5,7-10,14-15H2,(H,28,32)(H,30,31)/t20-,21-. The van der Waals surface area contributed by atoms with E-state index in [1.165, 1.54) is 0 Å². The lowest BCUT2D eigenvalue weighted by atomic mass is 9.92. The van der Waals surface area contributed by atoms with E-state index in [0.717, 1.165) is 43.2 Å². The zero-order valence-corrected chi connectivity index (χ0v) is 19.0. The maximum Gasteiger partial charge on any atom is 0.317 e. The lowest BCUT2D eigenvalue weighted by Crippen LogP contribution is -2.40. The molecule has 1 fully saturated rings. The number of hydrogen-bond donors (Lipinski definition) is 2. The fraction of sp³-hybridized carbons (Fsp3) is 0.400. The van der Waals surface area contributed by atoms with E-state index < -0.39 is 5.97 Å². The van der Waals surface area contributed by atoms with Gasteiger partial charge in [0.05, 0.1) is 23.2 Å². The number of amides is 1. The molecule has 2 aromatic carbocycles. The van der Waals surface area contributed by atoms with E-state index in [9.17, 15) is 9.59 Å². The van der Waals surface area contributed by atoms with Crippen molar-refractivity contribution in [2.45, 2.75) is 50.8 Å². The van der Waals surface area contributed by atoms with E-state index in [1.807, 2.05) is 29.2 Å². The van der Waals surface area contributed by atoms with Gasteiger partial charge in [0.1, 0.15) is 11.8 Å². The molecule has 0 aromatic heterocycles. The molecule has 0 atom stereocenters. The normalized spacial score (nSPS) is 20.4. The second-order valence-electron chi connectivity index (χ2n) is 8.66. The molecule has 1 saturated carbocycles. The number of nitrogens with one attached hydrogen (secondary N) is 1. The Morgan fingerprint density at radius 1 is 1.15 bits per heavy atom. The van der Waals surface area contributed by atoms with Gasteiger partial charge in [0.25, 0.3) is 5.91 Å². The van der Waals surface area contributed by atoms with Crippen molar-refractivity contribution in [1.82, 2.24) is 10.2 Å². The van der Waals surface area contributed by atoms with Crippen LogP contribution >= 0.6 is 11.6 Å². The topological polar surface area (TPSA) is 103 Å². The molecule has 1 aliphatic heterocycles. The SMILES string of the molecule is N#Cc1ccc(O[C@H]2CC[C@H](NC(=O)c3ccc4c(c3)CCN(CC(=O)O)C4)CC2)cc1Cl. The first-order valence-electron chi connectivity index (χ1n) is 11.1. The molecule has 2 N–H and O–H groups in total. The van der Waals surface area contributed by atoms with Crippen LogP contribution in [0.4, 0.5) is 0 Å². The van der Waals surface area contributed by atoms with Crippen LogP contribution in [0.15, 0.2) is 36.4 Å². The van der Waals surface area contributed by atoms with E-state index in [4.69, 9.17) is 26.7 Å². The summed E-state index contributed by atoms with van der Waals surface area (Å²) in [7, 11) is 0. The lowest BCUT2D eigenvalue weighted by Gasteiger charge is -2.30. The first kappa shape index (κ1) is 23.1. The Labute approximate surface area is 197 Å². The molecule has 2 aromatic rings. The predicted molar refractivity (Wildman–Crippen MR) is 123 cm³/mol. The van der Waals surface area contributed by atoms with E-state index in [-0.39, 0.29) is 24.6 Å². The quantitative estimate of drug-likeness (QED) is 0.670. The Kier molecular flexibility index (Phi) is 7.17. The highest BCUT2D eigenvalue weighted by molar-refractivity contribution is 6.31. The average molecular weight is 468 g/mol. The van der Waals surface area contributed by atoms with Crippen LogP contribution in [0, 0.1) is 11.3 Å². The smallest absolute Gasteiger partial charge is 0.317 e. The molecule has 0 bridgehead atoms. The van der Waals surface area contributed by atoms with Gasteiger partial charge in [-0.15, -0.1) is 0 Å². The molecule has 1 aliphatic carbocycles. The van der Waals surface area contributed by atoms with Crippen molar-refractivity contribution >= 4 is 23.5 Å². The van der Waals surface area contributed by atoms with Gasteiger partial charge in [-0.25, -0.2) is 0 Å². The molecule has 1 heterocycles. The number of nitrogens with zero attached hydrogens (tertiary/aromatic N) is 2. The van der Waals surface area contributed by atoms with Gasteiger partial charge in [0.15, 0.2) is 0 Å². The fourth-order valence-electron chi connectivity index (χ4n) is 4.52. The molecule has 33 heavy (non-hydrogen) atoms. The summed E-state index contributed by atoms with van der Waals surface area (Å²) in [6.07, 6.45) is 4.11. The van der Waals surface area contributed by atoms with Gasteiger partial charge >= 0.3 is 5.97 Å². The van der Waals surface area contributed by atoms with E-state index in [2.05, 4.69) is 5.32 Å². The number of hydrogen-bond acceptors (Lipinski definition) is 5. The highest BCUT2D eigenvalue weighted by Crippen LogP contribution is 2.27. The van der Waals surface area contributed by atoms with Crippen molar-refractivity contribution in [3.8, 4) is 11.8 Å². The number of benzene rings is 2. The van der Waals surface area contributed by atoms with Crippen molar-refractivity contribution in [2.24, 2.45) is 0 Å².